The van der Waals surface area contributed by atoms with Gasteiger partial charge in [-0.25, -0.2) is 0 Å². The first-order valence-electron chi connectivity index (χ1n) is 0. The van der Waals surface area contributed by atoms with Crippen molar-refractivity contribution in [2.45, 2.75) is 0 Å². The van der Waals surface area contributed by atoms with Gasteiger partial charge < -0.3 is 21.9 Å². The molecule has 0 bridgehead atoms. The van der Waals surface area contributed by atoms with E-state index < -0.39 is 0 Å². The van der Waals surface area contributed by atoms with Crippen LogP contribution in [-0.4, -0.2) is 21.9 Å². The Bertz CT molecular complexity index is 7.51. The Kier molecular flexibility index (Phi) is 5490. The van der Waals surface area contributed by atoms with E-state index >= 15 is 0 Å². The summed E-state index contributed by atoms with van der Waals surface area (Å²) in [5, 5.41) is 0. The molecule has 0 unspecified atom stereocenters. The van der Waals surface area contributed by atoms with Crippen molar-refractivity contribution in [3.05, 3.63) is 0 Å². The number of hydrogen-bond donors (Lipinski definition) is 0. The van der Waals surface area contributed by atoms with E-state index in [2.05, 4.69) is 0 Å². The molecule has 45 valence electrons. The van der Waals surface area contributed by atoms with Crippen LogP contribution in [0.2, 0.25) is 0 Å². The van der Waals surface area contributed by atoms with Crippen LogP contribution in [-0.2, 0) is 38.1 Å². The monoisotopic (exact) mass is 225 g/mol. The van der Waals surface area contributed by atoms with Gasteiger partial charge in [0.15, 0.2) is 0 Å². The molecule has 0 fully saturated rings. The van der Waals surface area contributed by atoms with Gasteiger partial charge in [-0.05, 0) is 0 Å². The zero-order valence-corrected chi connectivity index (χ0v) is 5.97. The van der Waals surface area contributed by atoms with Gasteiger partial charge in [-0.3, -0.25) is 0 Å². The molecule has 0 rings (SSSR count). The Morgan fingerprint density at radius 3 is 0.500 bits per heavy atom. The molecule has 6 heavy (non-hydrogen) atoms. The average Bonchev–Trinajstić information content (AvgIpc) is 0. The van der Waals surface area contributed by atoms with Crippen LogP contribution < -0.4 is 0 Å². The van der Waals surface area contributed by atoms with E-state index in [-0.39, 0.29) is 60.0 Å². The molecule has 6 heteroatoms. The smallest absolute Gasteiger partial charge is 0 e. The molecule has 0 saturated heterocycles. The van der Waals surface area contributed by atoms with Gasteiger partial charge in [-0.1, -0.05) is 0 Å². The third-order valence-corrected chi connectivity index (χ3v) is 0. The van der Waals surface area contributed by atoms with Crippen LogP contribution >= 0.6 is 0 Å². The van der Waals surface area contributed by atoms with Crippen molar-refractivity contribution >= 4 is 0 Å². The molecule has 0 aromatic rings. The maximum absolute atomic E-state index is 0. The molecule has 0 saturated carbocycles. The summed E-state index contributed by atoms with van der Waals surface area (Å²) in [7, 11) is 0. The fraction of sp³-hybridized carbons (Fsp3) is 0. The second kappa shape index (κ2) is 140. The average molecular weight is 223 g/mol. The van der Waals surface area contributed by atoms with Crippen LogP contribution in [0.15, 0.2) is 0 Å². The van der Waals surface area contributed by atoms with Crippen LogP contribution in [0, 0.1) is 0 Å². The van der Waals surface area contributed by atoms with Crippen LogP contribution in [0.4, 0.5) is 0 Å². The Hall–Kier alpha value is 1.05. The van der Waals surface area contributed by atoms with Gasteiger partial charge in [-0.2, -0.15) is 0 Å². The van der Waals surface area contributed by atoms with Gasteiger partial charge in [0.1, 0.15) is 0 Å². The molecular formula is H8MnMoO4. The molecular weight excluding hydrogens is 215 g/mol. The molecule has 1 radical (unpaired) electrons. The van der Waals surface area contributed by atoms with E-state index in [1.54, 1.807) is 0 Å². The molecule has 0 aliphatic heterocycles. The molecule has 0 atom stereocenters. The third-order valence-electron chi connectivity index (χ3n) is 0. The summed E-state index contributed by atoms with van der Waals surface area (Å²) in [6.45, 7) is 0. The maximum Gasteiger partial charge on any atom is 0 e. The summed E-state index contributed by atoms with van der Waals surface area (Å²) in [5.74, 6) is 0. The molecule has 0 aliphatic carbocycles. The van der Waals surface area contributed by atoms with Crippen molar-refractivity contribution < 1.29 is 60.0 Å². The van der Waals surface area contributed by atoms with Gasteiger partial charge in [0.2, 0.25) is 0 Å². The maximum atomic E-state index is 0. The Morgan fingerprint density at radius 2 is 0.500 bits per heavy atom. The molecule has 0 aromatic heterocycles. The molecule has 0 heterocycles. The minimum absolute atomic E-state index is 0. The zero-order valence-electron chi connectivity index (χ0n) is 2.79. The van der Waals surface area contributed by atoms with E-state index in [0.29, 0.717) is 0 Å². The molecule has 0 aromatic carbocycles. The topological polar surface area (TPSA) is 126 Å². The van der Waals surface area contributed by atoms with Crippen molar-refractivity contribution in [1.82, 2.24) is 0 Å². The first-order chi connectivity index (χ1) is 0. The van der Waals surface area contributed by atoms with Crippen LogP contribution in [0.25, 0.3) is 0 Å². The van der Waals surface area contributed by atoms with Gasteiger partial charge in [0, 0.05) is 38.1 Å². The van der Waals surface area contributed by atoms with Gasteiger partial charge in [0.25, 0.3) is 0 Å². The number of hydrogen-bond acceptors (Lipinski definition) is 0. The fourth-order valence-electron chi connectivity index (χ4n) is 0. The summed E-state index contributed by atoms with van der Waals surface area (Å²) >= 11 is 0. The van der Waals surface area contributed by atoms with E-state index in [9.17, 15) is 0 Å². The van der Waals surface area contributed by atoms with Crippen LogP contribution in [0.1, 0.15) is 0 Å². The van der Waals surface area contributed by atoms with E-state index in [1.165, 1.54) is 0 Å². The minimum Gasteiger partial charge on any atom is -0.412 e. The van der Waals surface area contributed by atoms with Crippen molar-refractivity contribution in [2.75, 3.05) is 0 Å². The number of rotatable bonds is 0. The van der Waals surface area contributed by atoms with Gasteiger partial charge in [-0.15, -0.1) is 0 Å². The SMILES string of the molecule is O.O.O.O.[Mn].[Mo]. The minimum atomic E-state index is 0. The molecule has 0 aliphatic rings. The second-order valence-electron chi connectivity index (χ2n) is 0. The quantitative estimate of drug-likeness (QED) is 0.381. The Balaban J connectivity index is 0. The van der Waals surface area contributed by atoms with Crippen molar-refractivity contribution in [3.63, 3.8) is 0 Å². The predicted octanol–water partition coefficient (Wildman–Crippen LogP) is -3.30. The second-order valence-corrected chi connectivity index (χ2v) is 0. The predicted molar refractivity (Wildman–Crippen MR) is 14.5 cm³/mol. The standard InChI is InChI=1S/Mn.Mo.4H2O/h;;4*1H2. The van der Waals surface area contributed by atoms with Crippen molar-refractivity contribution in [1.29, 1.82) is 0 Å². The first kappa shape index (κ1) is 235. The summed E-state index contributed by atoms with van der Waals surface area (Å²) in [6, 6.07) is 0. The molecule has 0 spiro atoms. The summed E-state index contributed by atoms with van der Waals surface area (Å²) in [6.07, 6.45) is 0. The summed E-state index contributed by atoms with van der Waals surface area (Å²) < 4.78 is 0. The fourth-order valence-corrected chi connectivity index (χ4v) is 0. The van der Waals surface area contributed by atoms with Gasteiger partial charge >= 0.3 is 0 Å². The van der Waals surface area contributed by atoms with Crippen LogP contribution in [0.3, 0.4) is 0 Å². The molecule has 8 N–H and O–H groups in total. The summed E-state index contributed by atoms with van der Waals surface area (Å²) in [4.78, 5) is 0. The van der Waals surface area contributed by atoms with Crippen molar-refractivity contribution in [3.8, 4) is 0 Å². The zero-order chi connectivity index (χ0) is 0. The van der Waals surface area contributed by atoms with Crippen LogP contribution in [0.5, 0.6) is 0 Å². The summed E-state index contributed by atoms with van der Waals surface area (Å²) in [5.41, 5.74) is 0. The van der Waals surface area contributed by atoms with E-state index in [0.717, 1.165) is 0 Å². The molecule has 4 nitrogen and oxygen atoms in total. The van der Waals surface area contributed by atoms with Gasteiger partial charge in [0.05, 0.1) is 0 Å². The molecule has 0 amide bonds. The normalized spacial score (nSPS) is 0. The van der Waals surface area contributed by atoms with E-state index in [1.807, 2.05) is 0 Å². The van der Waals surface area contributed by atoms with Crippen molar-refractivity contribution in [2.24, 2.45) is 0 Å². The van der Waals surface area contributed by atoms with E-state index in [4.69, 9.17) is 0 Å². The Labute approximate surface area is 60.3 Å². The largest absolute Gasteiger partial charge is 0.412 e. The first-order valence-corrected chi connectivity index (χ1v) is 0. The third kappa shape index (κ3) is 75.3. The Morgan fingerprint density at radius 1 is 0.500 bits per heavy atom.